The number of carbonyl (C=O) groups is 2. The third kappa shape index (κ3) is 5.96. The van der Waals surface area contributed by atoms with Crippen molar-refractivity contribution in [3.05, 3.63) is 51.9 Å². The van der Waals surface area contributed by atoms with E-state index in [4.69, 9.17) is 37.1 Å². The quantitative estimate of drug-likeness (QED) is 0.624. The van der Waals surface area contributed by atoms with Gasteiger partial charge in [0.1, 0.15) is 5.76 Å². The standard InChI is InChI=1S/C20H22Cl2N2O5/c1-27-20(26)16-8-13(21)9-17(22)19(16)23-18(25)12-24(10-14-4-2-6-28-14)11-15-5-3-7-29-15/h2,4,6,8-9,15H,3,5,7,10-12H2,1H3,(H,23,25). The minimum atomic E-state index is -0.642. The number of anilines is 1. The molecule has 1 saturated heterocycles. The Labute approximate surface area is 178 Å². The maximum absolute atomic E-state index is 12.8. The van der Waals surface area contributed by atoms with E-state index < -0.39 is 5.97 Å². The van der Waals surface area contributed by atoms with Gasteiger partial charge < -0.3 is 19.2 Å². The van der Waals surface area contributed by atoms with Gasteiger partial charge in [0.2, 0.25) is 5.91 Å². The summed E-state index contributed by atoms with van der Waals surface area (Å²) in [4.78, 5) is 26.7. The van der Waals surface area contributed by atoms with E-state index in [2.05, 4.69) is 5.32 Å². The summed E-state index contributed by atoms with van der Waals surface area (Å²) in [5.41, 5.74) is 0.262. The molecule has 1 aliphatic heterocycles. The van der Waals surface area contributed by atoms with E-state index in [9.17, 15) is 9.59 Å². The van der Waals surface area contributed by atoms with E-state index in [0.29, 0.717) is 13.1 Å². The lowest BCUT2D eigenvalue weighted by Gasteiger charge is -2.24. The van der Waals surface area contributed by atoms with Gasteiger partial charge in [0.15, 0.2) is 0 Å². The van der Waals surface area contributed by atoms with Gasteiger partial charge in [-0.05, 0) is 37.1 Å². The highest BCUT2D eigenvalue weighted by Crippen LogP contribution is 2.31. The van der Waals surface area contributed by atoms with Crippen molar-refractivity contribution in [2.24, 2.45) is 0 Å². The first-order chi connectivity index (χ1) is 14.0. The molecule has 0 radical (unpaired) electrons. The zero-order chi connectivity index (χ0) is 20.8. The SMILES string of the molecule is COC(=O)c1cc(Cl)cc(Cl)c1NC(=O)CN(Cc1ccco1)CC1CCCO1. The smallest absolute Gasteiger partial charge is 0.340 e. The summed E-state index contributed by atoms with van der Waals surface area (Å²) in [5, 5.41) is 3.14. The Kier molecular flexibility index (Phi) is 7.55. The Morgan fingerprint density at radius 1 is 1.34 bits per heavy atom. The van der Waals surface area contributed by atoms with Gasteiger partial charge in [-0.3, -0.25) is 9.69 Å². The number of furan rings is 1. The number of amides is 1. The van der Waals surface area contributed by atoms with Crippen LogP contribution in [0.4, 0.5) is 5.69 Å². The number of nitrogens with zero attached hydrogens (tertiary/aromatic N) is 1. The number of rotatable bonds is 8. The molecule has 2 aromatic rings. The van der Waals surface area contributed by atoms with Gasteiger partial charge in [0.25, 0.3) is 0 Å². The highest BCUT2D eigenvalue weighted by Gasteiger charge is 2.23. The zero-order valence-electron chi connectivity index (χ0n) is 16.0. The summed E-state index contributed by atoms with van der Waals surface area (Å²) in [6, 6.07) is 6.52. The Balaban J connectivity index is 1.73. The van der Waals surface area contributed by atoms with Crippen molar-refractivity contribution in [1.29, 1.82) is 0 Å². The fraction of sp³-hybridized carbons (Fsp3) is 0.400. The van der Waals surface area contributed by atoms with Crippen molar-refractivity contribution < 1.29 is 23.5 Å². The fourth-order valence-electron chi connectivity index (χ4n) is 3.24. The van der Waals surface area contributed by atoms with Crippen LogP contribution in [0.25, 0.3) is 0 Å². The fourth-order valence-corrected chi connectivity index (χ4v) is 3.78. The van der Waals surface area contributed by atoms with Crippen LogP contribution in [0.1, 0.15) is 29.0 Å². The van der Waals surface area contributed by atoms with Crippen LogP contribution in [0.3, 0.4) is 0 Å². The molecule has 156 valence electrons. The minimum Gasteiger partial charge on any atom is -0.468 e. The number of benzene rings is 1. The van der Waals surface area contributed by atoms with E-state index in [1.54, 1.807) is 12.3 Å². The van der Waals surface area contributed by atoms with Crippen molar-refractivity contribution in [2.75, 3.05) is 32.1 Å². The lowest BCUT2D eigenvalue weighted by atomic mass is 10.1. The third-order valence-electron chi connectivity index (χ3n) is 4.54. The van der Waals surface area contributed by atoms with Gasteiger partial charge in [0, 0.05) is 18.2 Å². The number of halogens is 2. The lowest BCUT2D eigenvalue weighted by molar-refractivity contribution is -0.117. The molecule has 0 aliphatic carbocycles. The van der Waals surface area contributed by atoms with Crippen molar-refractivity contribution in [3.8, 4) is 0 Å². The van der Waals surface area contributed by atoms with Gasteiger partial charge in [0.05, 0.1) is 48.8 Å². The first-order valence-electron chi connectivity index (χ1n) is 9.20. The van der Waals surface area contributed by atoms with Gasteiger partial charge in [-0.2, -0.15) is 0 Å². The second kappa shape index (κ2) is 10.1. The maximum Gasteiger partial charge on any atom is 0.340 e. The average Bonchev–Trinajstić information content (AvgIpc) is 3.37. The van der Waals surface area contributed by atoms with E-state index in [0.717, 1.165) is 25.2 Å². The topological polar surface area (TPSA) is 81.0 Å². The van der Waals surface area contributed by atoms with Crippen molar-refractivity contribution in [3.63, 3.8) is 0 Å². The molecular weight excluding hydrogens is 419 g/mol. The van der Waals surface area contributed by atoms with Crippen LogP contribution < -0.4 is 5.32 Å². The molecule has 1 aliphatic rings. The summed E-state index contributed by atoms with van der Waals surface area (Å²) in [6.45, 7) is 1.85. The molecule has 0 bridgehead atoms. The number of hydrogen-bond acceptors (Lipinski definition) is 6. The predicted octanol–water partition coefficient (Wildman–Crippen LogP) is 3.99. The van der Waals surface area contributed by atoms with Gasteiger partial charge in [-0.1, -0.05) is 23.2 Å². The van der Waals surface area contributed by atoms with E-state index in [-0.39, 0.29) is 39.9 Å². The van der Waals surface area contributed by atoms with Crippen LogP contribution in [-0.2, 0) is 20.8 Å². The second-order valence-electron chi connectivity index (χ2n) is 6.73. The van der Waals surface area contributed by atoms with Crippen molar-refractivity contribution in [1.82, 2.24) is 4.90 Å². The molecule has 1 aromatic heterocycles. The summed E-state index contributed by atoms with van der Waals surface area (Å²) in [5.74, 6) is -0.226. The summed E-state index contributed by atoms with van der Waals surface area (Å²) >= 11 is 12.2. The zero-order valence-corrected chi connectivity index (χ0v) is 17.5. The molecule has 1 aromatic carbocycles. The minimum absolute atomic E-state index is 0.0696. The average molecular weight is 441 g/mol. The van der Waals surface area contributed by atoms with Gasteiger partial charge >= 0.3 is 5.97 Å². The summed E-state index contributed by atoms with van der Waals surface area (Å²) < 4.78 is 15.9. The first kappa shape index (κ1) is 21.6. The Morgan fingerprint density at radius 3 is 2.83 bits per heavy atom. The van der Waals surface area contributed by atoms with Crippen LogP contribution >= 0.6 is 23.2 Å². The Morgan fingerprint density at radius 2 is 2.17 bits per heavy atom. The lowest BCUT2D eigenvalue weighted by Crippen LogP contribution is -2.38. The van der Waals surface area contributed by atoms with E-state index in [1.165, 1.54) is 19.2 Å². The third-order valence-corrected chi connectivity index (χ3v) is 5.05. The van der Waals surface area contributed by atoms with Crippen LogP contribution in [0.2, 0.25) is 10.0 Å². The van der Waals surface area contributed by atoms with E-state index >= 15 is 0 Å². The molecule has 1 fully saturated rings. The molecule has 3 rings (SSSR count). The Bertz CT molecular complexity index is 851. The summed E-state index contributed by atoms with van der Waals surface area (Å²) in [7, 11) is 1.25. The van der Waals surface area contributed by atoms with Crippen LogP contribution in [0.15, 0.2) is 34.9 Å². The molecular formula is C20H22Cl2N2O5. The van der Waals surface area contributed by atoms with Gasteiger partial charge in [-0.15, -0.1) is 0 Å². The number of methoxy groups -OCH3 is 1. The maximum atomic E-state index is 12.8. The highest BCUT2D eigenvalue weighted by molar-refractivity contribution is 6.37. The molecule has 1 amide bonds. The second-order valence-corrected chi connectivity index (χ2v) is 7.58. The largest absolute Gasteiger partial charge is 0.468 e. The number of hydrogen-bond donors (Lipinski definition) is 1. The predicted molar refractivity (Wildman–Crippen MR) is 109 cm³/mol. The number of nitrogens with one attached hydrogen (secondary N) is 1. The molecule has 7 nitrogen and oxygen atoms in total. The number of carbonyl (C=O) groups excluding carboxylic acids is 2. The van der Waals surface area contributed by atoms with Crippen molar-refractivity contribution >= 4 is 40.8 Å². The first-order valence-corrected chi connectivity index (χ1v) is 9.95. The number of ether oxygens (including phenoxy) is 2. The van der Waals surface area contributed by atoms with E-state index in [1.807, 2.05) is 11.0 Å². The normalized spacial score (nSPS) is 16.2. The molecule has 1 unspecified atom stereocenters. The van der Waals surface area contributed by atoms with Crippen LogP contribution in [-0.4, -0.2) is 49.7 Å². The molecule has 1 atom stereocenters. The van der Waals surface area contributed by atoms with Crippen LogP contribution in [0.5, 0.6) is 0 Å². The van der Waals surface area contributed by atoms with Gasteiger partial charge in [-0.25, -0.2) is 4.79 Å². The Hall–Kier alpha value is -2.06. The molecule has 9 heteroatoms. The molecule has 1 N–H and O–H groups in total. The highest BCUT2D eigenvalue weighted by atomic mass is 35.5. The monoisotopic (exact) mass is 440 g/mol. The number of esters is 1. The molecule has 0 saturated carbocycles. The molecule has 0 spiro atoms. The van der Waals surface area contributed by atoms with Crippen molar-refractivity contribution in [2.45, 2.75) is 25.5 Å². The van der Waals surface area contributed by atoms with Crippen LogP contribution in [0, 0.1) is 0 Å². The summed E-state index contributed by atoms with van der Waals surface area (Å²) in [6.07, 6.45) is 3.62. The molecule has 29 heavy (non-hydrogen) atoms. The molecule has 2 heterocycles.